The number of amides is 1. The molecule has 0 radical (unpaired) electrons. The summed E-state index contributed by atoms with van der Waals surface area (Å²) in [6.45, 7) is 3.15. The van der Waals surface area contributed by atoms with Crippen molar-refractivity contribution in [2.24, 2.45) is 7.05 Å². The van der Waals surface area contributed by atoms with E-state index in [9.17, 15) is 4.79 Å². The lowest BCUT2D eigenvalue weighted by molar-refractivity contribution is -0.123. The van der Waals surface area contributed by atoms with E-state index in [4.69, 9.17) is 0 Å². The van der Waals surface area contributed by atoms with Crippen LogP contribution in [-0.2, 0) is 24.9 Å². The molecule has 9 nitrogen and oxygen atoms in total. The Morgan fingerprint density at radius 3 is 2.96 bits per heavy atom. The summed E-state index contributed by atoms with van der Waals surface area (Å²) >= 11 is 0. The fourth-order valence-corrected chi connectivity index (χ4v) is 3.36. The van der Waals surface area contributed by atoms with Gasteiger partial charge in [0.25, 0.3) is 0 Å². The molecule has 4 heterocycles. The quantitative estimate of drug-likeness (QED) is 0.750. The van der Waals surface area contributed by atoms with Gasteiger partial charge in [0, 0.05) is 26.0 Å². The minimum atomic E-state index is -0.309. The minimum Gasteiger partial charge on any atom is -0.350 e. The summed E-state index contributed by atoms with van der Waals surface area (Å²) < 4.78 is 3.76. The first-order valence-corrected chi connectivity index (χ1v) is 8.60. The van der Waals surface area contributed by atoms with Gasteiger partial charge in [-0.05, 0) is 25.8 Å². The van der Waals surface area contributed by atoms with Crippen molar-refractivity contribution in [2.45, 2.75) is 38.8 Å². The first-order chi connectivity index (χ1) is 12.6. The predicted molar refractivity (Wildman–Crippen MR) is 92.8 cm³/mol. The summed E-state index contributed by atoms with van der Waals surface area (Å²) in [6, 6.07) is 1.97. The number of rotatable bonds is 4. The number of hydrogen-bond acceptors (Lipinski definition) is 6. The average Bonchev–Trinajstić information content (AvgIpc) is 3.22. The number of fused-ring (bicyclic) bond motifs is 1. The molecule has 1 aliphatic rings. The van der Waals surface area contributed by atoms with Gasteiger partial charge in [-0.1, -0.05) is 0 Å². The lowest BCUT2D eigenvalue weighted by Gasteiger charge is -2.22. The fraction of sp³-hybridized carbons (Fsp3) is 0.412. The Bertz CT molecular complexity index is 930. The van der Waals surface area contributed by atoms with Crippen LogP contribution >= 0.6 is 0 Å². The molecule has 0 fully saturated rings. The topological polar surface area (TPSA) is 103 Å². The molecule has 26 heavy (non-hydrogen) atoms. The molecule has 0 saturated heterocycles. The molecule has 3 aromatic heterocycles. The van der Waals surface area contributed by atoms with Gasteiger partial charge in [0.2, 0.25) is 5.91 Å². The number of carbonyl (C=O) groups excluding carboxylic acids is 1. The standard InChI is InChI=1S/C17H20N8O/c1-11-8-12(24(2)23-11)9-20-17(26)13-4-3-7-25-15(13)21-22-16(25)14-10-18-5-6-19-14/h5-6,8,10,13H,3-4,7,9H2,1-2H3,(H,20,26). The van der Waals surface area contributed by atoms with Gasteiger partial charge >= 0.3 is 0 Å². The molecular weight excluding hydrogens is 332 g/mol. The van der Waals surface area contributed by atoms with Crippen LogP contribution in [0.3, 0.4) is 0 Å². The smallest absolute Gasteiger partial charge is 0.231 e. The van der Waals surface area contributed by atoms with Crippen molar-refractivity contribution in [3.05, 3.63) is 41.9 Å². The van der Waals surface area contributed by atoms with Crippen molar-refractivity contribution in [2.75, 3.05) is 0 Å². The zero-order valence-electron chi connectivity index (χ0n) is 14.8. The van der Waals surface area contributed by atoms with Gasteiger partial charge in [0.15, 0.2) is 5.82 Å². The zero-order valence-corrected chi connectivity index (χ0v) is 14.8. The molecule has 1 unspecified atom stereocenters. The molecule has 0 aromatic carbocycles. The average molecular weight is 352 g/mol. The Hall–Kier alpha value is -3.10. The number of nitrogens with zero attached hydrogens (tertiary/aromatic N) is 7. The molecule has 3 aromatic rings. The van der Waals surface area contributed by atoms with E-state index in [0.717, 1.165) is 30.8 Å². The number of aromatic nitrogens is 7. The number of carbonyl (C=O) groups is 1. The Balaban J connectivity index is 1.53. The molecule has 1 aliphatic heterocycles. The first kappa shape index (κ1) is 16.4. The van der Waals surface area contributed by atoms with Gasteiger partial charge in [-0.2, -0.15) is 5.10 Å². The van der Waals surface area contributed by atoms with Gasteiger partial charge in [-0.15, -0.1) is 10.2 Å². The van der Waals surface area contributed by atoms with Crippen molar-refractivity contribution in [3.63, 3.8) is 0 Å². The highest BCUT2D eigenvalue weighted by Gasteiger charge is 2.31. The van der Waals surface area contributed by atoms with Crippen LogP contribution in [0.4, 0.5) is 0 Å². The fourth-order valence-electron chi connectivity index (χ4n) is 3.36. The minimum absolute atomic E-state index is 0.0390. The molecule has 0 aliphatic carbocycles. The van der Waals surface area contributed by atoms with Gasteiger partial charge in [0.05, 0.1) is 30.0 Å². The van der Waals surface area contributed by atoms with E-state index in [1.807, 2.05) is 24.6 Å². The largest absolute Gasteiger partial charge is 0.350 e. The van der Waals surface area contributed by atoms with Crippen LogP contribution in [0.15, 0.2) is 24.7 Å². The Labute approximate surface area is 150 Å². The van der Waals surface area contributed by atoms with Gasteiger partial charge < -0.3 is 9.88 Å². The summed E-state index contributed by atoms with van der Waals surface area (Å²) in [7, 11) is 1.87. The van der Waals surface area contributed by atoms with Crippen LogP contribution in [0.1, 0.15) is 36.0 Å². The molecular formula is C17H20N8O. The second kappa shape index (κ2) is 6.66. The maximum Gasteiger partial charge on any atom is 0.231 e. The second-order valence-electron chi connectivity index (χ2n) is 6.44. The summed E-state index contributed by atoms with van der Waals surface area (Å²) in [5, 5.41) is 15.8. The summed E-state index contributed by atoms with van der Waals surface area (Å²) in [4.78, 5) is 21.1. The Morgan fingerprint density at radius 2 is 2.23 bits per heavy atom. The van der Waals surface area contributed by atoms with Crippen LogP contribution in [0, 0.1) is 6.92 Å². The van der Waals surface area contributed by atoms with E-state index >= 15 is 0 Å². The number of nitrogens with one attached hydrogen (secondary N) is 1. The lowest BCUT2D eigenvalue weighted by Crippen LogP contribution is -2.33. The molecule has 1 atom stereocenters. The van der Waals surface area contributed by atoms with Gasteiger partial charge in [-0.3, -0.25) is 14.5 Å². The van der Waals surface area contributed by atoms with E-state index < -0.39 is 0 Å². The molecule has 1 amide bonds. The van der Waals surface area contributed by atoms with Crippen molar-refractivity contribution in [1.29, 1.82) is 0 Å². The normalized spacial score (nSPS) is 16.3. The van der Waals surface area contributed by atoms with Crippen molar-refractivity contribution < 1.29 is 4.79 Å². The molecule has 0 spiro atoms. The summed E-state index contributed by atoms with van der Waals surface area (Å²) in [5.41, 5.74) is 2.56. The van der Waals surface area contributed by atoms with E-state index in [1.54, 1.807) is 23.3 Å². The number of hydrogen-bond donors (Lipinski definition) is 1. The summed E-state index contributed by atoms with van der Waals surface area (Å²) in [5.74, 6) is 1.00. The third-order valence-electron chi connectivity index (χ3n) is 4.62. The number of aryl methyl sites for hydroxylation is 2. The highest BCUT2D eigenvalue weighted by atomic mass is 16.1. The molecule has 0 saturated carbocycles. The lowest BCUT2D eigenvalue weighted by atomic mass is 9.97. The highest BCUT2D eigenvalue weighted by Crippen LogP contribution is 2.29. The van der Waals surface area contributed by atoms with Crippen molar-refractivity contribution in [3.8, 4) is 11.5 Å². The Morgan fingerprint density at radius 1 is 1.35 bits per heavy atom. The van der Waals surface area contributed by atoms with Crippen LogP contribution in [0.25, 0.3) is 11.5 Å². The predicted octanol–water partition coefficient (Wildman–Crippen LogP) is 0.971. The van der Waals surface area contributed by atoms with Crippen molar-refractivity contribution in [1.82, 2.24) is 39.8 Å². The molecule has 134 valence electrons. The van der Waals surface area contributed by atoms with Crippen LogP contribution in [0.5, 0.6) is 0 Å². The van der Waals surface area contributed by atoms with Crippen LogP contribution in [0.2, 0.25) is 0 Å². The third-order valence-corrected chi connectivity index (χ3v) is 4.62. The van der Waals surface area contributed by atoms with E-state index in [0.29, 0.717) is 23.9 Å². The van der Waals surface area contributed by atoms with E-state index in [-0.39, 0.29) is 11.8 Å². The summed E-state index contributed by atoms with van der Waals surface area (Å²) in [6.07, 6.45) is 6.55. The highest BCUT2D eigenvalue weighted by molar-refractivity contribution is 5.83. The molecule has 1 N–H and O–H groups in total. The maximum absolute atomic E-state index is 12.7. The first-order valence-electron chi connectivity index (χ1n) is 8.60. The van der Waals surface area contributed by atoms with Gasteiger partial charge in [-0.25, -0.2) is 4.98 Å². The zero-order chi connectivity index (χ0) is 18.1. The van der Waals surface area contributed by atoms with E-state index in [2.05, 4.69) is 30.6 Å². The van der Waals surface area contributed by atoms with Crippen LogP contribution < -0.4 is 5.32 Å². The molecule has 4 rings (SSSR count). The SMILES string of the molecule is Cc1cc(CNC(=O)C2CCCn3c(-c4cnccn4)nnc32)n(C)n1. The molecule has 0 bridgehead atoms. The maximum atomic E-state index is 12.7. The molecule has 9 heteroatoms. The monoisotopic (exact) mass is 352 g/mol. The van der Waals surface area contributed by atoms with Gasteiger partial charge in [0.1, 0.15) is 11.5 Å². The third kappa shape index (κ3) is 2.96. The van der Waals surface area contributed by atoms with Crippen LogP contribution in [-0.4, -0.2) is 40.4 Å². The van der Waals surface area contributed by atoms with Crippen molar-refractivity contribution >= 4 is 5.91 Å². The van der Waals surface area contributed by atoms with E-state index in [1.165, 1.54) is 0 Å². The Kier molecular flexibility index (Phi) is 4.19. The second-order valence-corrected chi connectivity index (χ2v) is 6.44.